The number of carbonyl (C=O) groups is 2. The van der Waals surface area contributed by atoms with Crippen molar-refractivity contribution >= 4 is 32.7 Å². The molecule has 9 heteroatoms. The zero-order valence-corrected chi connectivity index (χ0v) is 18.2. The number of rotatable bonds is 5. The van der Waals surface area contributed by atoms with Gasteiger partial charge in [-0.1, -0.05) is 60.7 Å². The number of primary amides is 1. The second-order valence-electron chi connectivity index (χ2n) is 7.59. The number of amides is 3. The van der Waals surface area contributed by atoms with Crippen LogP contribution in [0.1, 0.15) is 5.56 Å². The summed E-state index contributed by atoms with van der Waals surface area (Å²) in [6.07, 6.45) is 0. The Hall–Kier alpha value is -3.43. The molecule has 3 aromatic carbocycles. The van der Waals surface area contributed by atoms with Crippen molar-refractivity contribution in [2.75, 3.05) is 19.6 Å². The number of piperazine rings is 1. The standard InChI is InChI=1S/C23H24N4O4S/c24-22(28)21-16-26(13-14-27(21)32(30,31)19-10-2-1-3-11-19)23(29)25-15-18-9-6-8-17-7-4-5-12-20(17)18/h1-12,21H,13-16H2,(H2,24,28)(H,25,29). The topological polar surface area (TPSA) is 113 Å². The van der Waals surface area contributed by atoms with Crippen molar-refractivity contribution in [3.63, 3.8) is 0 Å². The number of benzene rings is 3. The van der Waals surface area contributed by atoms with Gasteiger partial charge in [-0.2, -0.15) is 4.31 Å². The summed E-state index contributed by atoms with van der Waals surface area (Å²) < 4.78 is 27.1. The van der Waals surface area contributed by atoms with Gasteiger partial charge in [0.25, 0.3) is 0 Å². The summed E-state index contributed by atoms with van der Waals surface area (Å²) in [4.78, 5) is 26.4. The largest absolute Gasteiger partial charge is 0.368 e. The monoisotopic (exact) mass is 452 g/mol. The van der Waals surface area contributed by atoms with Crippen LogP contribution in [0, 0.1) is 0 Å². The fourth-order valence-electron chi connectivity index (χ4n) is 3.93. The smallest absolute Gasteiger partial charge is 0.317 e. The lowest BCUT2D eigenvalue weighted by molar-refractivity contribution is -0.122. The number of nitrogens with zero attached hydrogens (tertiary/aromatic N) is 2. The summed E-state index contributed by atoms with van der Waals surface area (Å²) in [6, 6.07) is 20.1. The second kappa shape index (κ2) is 8.97. The average molecular weight is 453 g/mol. The SMILES string of the molecule is NC(=O)C1CN(C(=O)NCc2cccc3ccccc23)CCN1S(=O)(=O)c1ccccc1. The van der Waals surface area contributed by atoms with Crippen molar-refractivity contribution in [3.8, 4) is 0 Å². The highest BCUT2D eigenvalue weighted by Crippen LogP contribution is 2.22. The lowest BCUT2D eigenvalue weighted by atomic mass is 10.0. The number of carbonyl (C=O) groups excluding carboxylic acids is 2. The number of urea groups is 1. The van der Waals surface area contributed by atoms with E-state index in [1.807, 2.05) is 42.5 Å². The van der Waals surface area contributed by atoms with Gasteiger partial charge in [0.05, 0.1) is 4.90 Å². The molecule has 0 aliphatic carbocycles. The number of sulfonamides is 1. The van der Waals surface area contributed by atoms with E-state index >= 15 is 0 Å². The van der Waals surface area contributed by atoms with Crippen LogP contribution in [0.5, 0.6) is 0 Å². The third kappa shape index (κ3) is 4.30. The first-order valence-corrected chi connectivity index (χ1v) is 11.7. The first-order valence-electron chi connectivity index (χ1n) is 10.2. The summed E-state index contributed by atoms with van der Waals surface area (Å²) >= 11 is 0. The van der Waals surface area contributed by atoms with Crippen molar-refractivity contribution in [2.24, 2.45) is 5.73 Å². The Labute approximate surface area is 186 Å². The zero-order valence-electron chi connectivity index (χ0n) is 17.3. The van der Waals surface area contributed by atoms with E-state index < -0.39 is 22.0 Å². The van der Waals surface area contributed by atoms with Crippen LogP contribution in [-0.2, 0) is 21.4 Å². The molecular formula is C23H24N4O4S. The van der Waals surface area contributed by atoms with E-state index in [0.717, 1.165) is 20.6 Å². The maximum Gasteiger partial charge on any atom is 0.317 e. The van der Waals surface area contributed by atoms with Gasteiger partial charge < -0.3 is 16.0 Å². The molecule has 8 nitrogen and oxygen atoms in total. The number of hydrogen-bond donors (Lipinski definition) is 2. The predicted octanol–water partition coefficient (Wildman–Crippen LogP) is 1.91. The molecule has 4 rings (SSSR count). The van der Waals surface area contributed by atoms with E-state index in [-0.39, 0.29) is 30.6 Å². The minimum Gasteiger partial charge on any atom is -0.368 e. The molecule has 166 valence electrons. The Morgan fingerprint density at radius 3 is 2.38 bits per heavy atom. The molecule has 32 heavy (non-hydrogen) atoms. The van der Waals surface area contributed by atoms with Crippen LogP contribution in [0.3, 0.4) is 0 Å². The third-order valence-electron chi connectivity index (χ3n) is 5.61. The van der Waals surface area contributed by atoms with Crippen molar-refractivity contribution in [3.05, 3.63) is 78.4 Å². The summed E-state index contributed by atoms with van der Waals surface area (Å²) in [5, 5.41) is 4.99. The predicted molar refractivity (Wildman–Crippen MR) is 121 cm³/mol. The average Bonchev–Trinajstić information content (AvgIpc) is 2.82. The maximum absolute atomic E-state index is 13.0. The van der Waals surface area contributed by atoms with Gasteiger partial charge in [0.2, 0.25) is 15.9 Å². The Bertz CT molecular complexity index is 1240. The number of nitrogens with one attached hydrogen (secondary N) is 1. The zero-order chi connectivity index (χ0) is 22.7. The van der Waals surface area contributed by atoms with Crippen LogP contribution in [-0.4, -0.2) is 55.2 Å². The van der Waals surface area contributed by atoms with Gasteiger partial charge in [0, 0.05) is 26.2 Å². The Morgan fingerprint density at radius 2 is 1.62 bits per heavy atom. The van der Waals surface area contributed by atoms with Gasteiger partial charge in [-0.15, -0.1) is 0 Å². The van der Waals surface area contributed by atoms with Gasteiger partial charge in [-0.3, -0.25) is 4.79 Å². The molecule has 0 bridgehead atoms. The third-order valence-corrected chi connectivity index (χ3v) is 7.53. The van der Waals surface area contributed by atoms with Crippen LogP contribution in [0.2, 0.25) is 0 Å². The van der Waals surface area contributed by atoms with Gasteiger partial charge >= 0.3 is 6.03 Å². The Morgan fingerprint density at radius 1 is 0.938 bits per heavy atom. The minimum absolute atomic E-state index is 0.0213. The first-order chi connectivity index (χ1) is 15.4. The van der Waals surface area contributed by atoms with Crippen LogP contribution in [0.15, 0.2) is 77.7 Å². The fraction of sp³-hybridized carbons (Fsp3) is 0.217. The molecule has 3 amide bonds. The number of hydrogen-bond acceptors (Lipinski definition) is 4. The first kappa shape index (κ1) is 21.8. The highest BCUT2D eigenvalue weighted by atomic mass is 32.2. The van der Waals surface area contributed by atoms with Crippen LogP contribution < -0.4 is 11.1 Å². The van der Waals surface area contributed by atoms with Crippen LogP contribution >= 0.6 is 0 Å². The highest BCUT2D eigenvalue weighted by molar-refractivity contribution is 7.89. The molecule has 1 atom stereocenters. The van der Waals surface area contributed by atoms with Crippen molar-refractivity contribution in [2.45, 2.75) is 17.5 Å². The fourth-order valence-corrected chi connectivity index (χ4v) is 5.53. The molecular weight excluding hydrogens is 428 g/mol. The lowest BCUT2D eigenvalue weighted by Crippen LogP contribution is -2.61. The van der Waals surface area contributed by atoms with Crippen LogP contribution in [0.25, 0.3) is 10.8 Å². The highest BCUT2D eigenvalue weighted by Gasteiger charge is 2.40. The molecule has 0 spiro atoms. The van der Waals surface area contributed by atoms with E-state index in [1.165, 1.54) is 17.0 Å². The molecule has 0 saturated carbocycles. The molecule has 0 radical (unpaired) electrons. The molecule has 3 aromatic rings. The molecule has 0 aromatic heterocycles. The number of nitrogens with two attached hydrogens (primary N) is 1. The summed E-state index contributed by atoms with van der Waals surface area (Å²) in [5.74, 6) is -0.795. The van der Waals surface area contributed by atoms with E-state index in [0.29, 0.717) is 6.54 Å². The van der Waals surface area contributed by atoms with Gasteiger partial charge in [-0.05, 0) is 28.5 Å². The van der Waals surface area contributed by atoms with Crippen LogP contribution in [0.4, 0.5) is 4.79 Å². The molecule has 1 unspecified atom stereocenters. The second-order valence-corrected chi connectivity index (χ2v) is 9.48. The number of fused-ring (bicyclic) bond motifs is 1. The summed E-state index contributed by atoms with van der Waals surface area (Å²) in [7, 11) is -3.91. The van der Waals surface area contributed by atoms with Crippen molar-refractivity contribution in [1.29, 1.82) is 0 Å². The van der Waals surface area contributed by atoms with Gasteiger partial charge in [0.15, 0.2) is 0 Å². The van der Waals surface area contributed by atoms with Gasteiger partial charge in [0.1, 0.15) is 6.04 Å². The van der Waals surface area contributed by atoms with Gasteiger partial charge in [-0.25, -0.2) is 13.2 Å². The maximum atomic E-state index is 13.0. The summed E-state index contributed by atoms with van der Waals surface area (Å²) in [5.41, 5.74) is 6.48. The molecule has 1 heterocycles. The molecule has 1 aliphatic heterocycles. The van der Waals surface area contributed by atoms with E-state index in [1.54, 1.807) is 18.2 Å². The Balaban J connectivity index is 1.47. The molecule has 3 N–H and O–H groups in total. The normalized spacial score (nSPS) is 17.2. The molecule has 1 fully saturated rings. The lowest BCUT2D eigenvalue weighted by Gasteiger charge is -2.38. The summed E-state index contributed by atoms with van der Waals surface area (Å²) in [6.45, 7) is 0.330. The van der Waals surface area contributed by atoms with E-state index in [2.05, 4.69) is 5.32 Å². The van der Waals surface area contributed by atoms with Crippen molar-refractivity contribution in [1.82, 2.24) is 14.5 Å². The quantitative estimate of drug-likeness (QED) is 0.616. The van der Waals surface area contributed by atoms with E-state index in [4.69, 9.17) is 5.73 Å². The molecule has 1 aliphatic rings. The minimum atomic E-state index is -3.91. The van der Waals surface area contributed by atoms with Crippen molar-refractivity contribution < 1.29 is 18.0 Å². The van der Waals surface area contributed by atoms with E-state index in [9.17, 15) is 18.0 Å². The Kier molecular flexibility index (Phi) is 6.11. The molecule has 1 saturated heterocycles.